The van der Waals surface area contributed by atoms with Crippen molar-refractivity contribution in [3.05, 3.63) is 155 Å². The fourth-order valence-electron chi connectivity index (χ4n) is 7.10. The molecular weight excluding hydrogens is 585 g/mol. The maximum atomic E-state index is 6.46. The molecule has 0 saturated heterocycles. The first kappa shape index (κ1) is 31.8. The molecule has 2 heteroatoms. The van der Waals surface area contributed by atoms with Crippen LogP contribution < -0.4 is 9.47 Å². The van der Waals surface area contributed by atoms with E-state index in [2.05, 4.69) is 151 Å². The number of benzene rings is 6. The minimum Gasteiger partial charge on any atom is -0.489 e. The molecule has 1 aliphatic carbocycles. The van der Waals surface area contributed by atoms with Crippen molar-refractivity contribution in [1.82, 2.24) is 0 Å². The minimum atomic E-state index is -0.0864. The summed E-state index contributed by atoms with van der Waals surface area (Å²) in [5.41, 5.74) is 12.5. The normalized spacial score (nSPS) is 12.8. The molecule has 0 heterocycles. The minimum absolute atomic E-state index is 0.0864. The quantitative estimate of drug-likeness (QED) is 0.167. The molecule has 7 rings (SSSR count). The molecule has 242 valence electrons. The lowest BCUT2D eigenvalue weighted by Crippen LogP contribution is -2.14. The van der Waals surface area contributed by atoms with Gasteiger partial charge in [-0.15, -0.1) is 0 Å². The maximum absolute atomic E-state index is 6.46. The second-order valence-corrected chi connectivity index (χ2v) is 15.3. The van der Waals surface area contributed by atoms with Gasteiger partial charge in [-0.1, -0.05) is 139 Å². The Morgan fingerprint density at radius 1 is 0.458 bits per heavy atom. The van der Waals surface area contributed by atoms with Gasteiger partial charge in [-0.25, -0.2) is 0 Å². The van der Waals surface area contributed by atoms with E-state index in [-0.39, 0.29) is 10.8 Å². The van der Waals surface area contributed by atoms with Gasteiger partial charge >= 0.3 is 0 Å². The Morgan fingerprint density at radius 2 is 0.875 bits per heavy atom. The lowest BCUT2D eigenvalue weighted by Gasteiger charge is -2.25. The first-order chi connectivity index (χ1) is 23.1. The van der Waals surface area contributed by atoms with E-state index in [9.17, 15) is 0 Å². The third-order valence-electron chi connectivity index (χ3n) is 9.67. The van der Waals surface area contributed by atoms with Gasteiger partial charge in [0.25, 0.3) is 0 Å². The number of ether oxygens (including phenoxy) is 2. The van der Waals surface area contributed by atoms with Crippen LogP contribution in [0.3, 0.4) is 0 Å². The fourth-order valence-corrected chi connectivity index (χ4v) is 7.10. The van der Waals surface area contributed by atoms with E-state index in [1.54, 1.807) is 0 Å². The van der Waals surface area contributed by atoms with Crippen molar-refractivity contribution >= 4 is 10.8 Å². The van der Waals surface area contributed by atoms with E-state index < -0.39 is 0 Å². The molecule has 48 heavy (non-hydrogen) atoms. The van der Waals surface area contributed by atoms with Crippen LogP contribution in [0.15, 0.2) is 121 Å². The van der Waals surface area contributed by atoms with E-state index in [0.717, 1.165) is 24.3 Å². The van der Waals surface area contributed by atoms with Crippen molar-refractivity contribution in [2.45, 2.75) is 78.4 Å². The molecule has 0 aromatic heterocycles. The van der Waals surface area contributed by atoms with Crippen LogP contribution in [0, 0.1) is 0 Å². The Hall–Kier alpha value is -4.82. The molecule has 0 spiro atoms. The summed E-state index contributed by atoms with van der Waals surface area (Å²) in [6.45, 7) is 14.7. The second-order valence-electron chi connectivity index (χ2n) is 15.3. The summed E-state index contributed by atoms with van der Waals surface area (Å²) < 4.78 is 12.9. The van der Waals surface area contributed by atoms with Crippen molar-refractivity contribution in [2.75, 3.05) is 0 Å². The summed E-state index contributed by atoms with van der Waals surface area (Å²) in [4.78, 5) is 0. The van der Waals surface area contributed by atoms with Crippen molar-refractivity contribution in [1.29, 1.82) is 0 Å². The molecular formula is C46H46O2. The lowest BCUT2D eigenvalue weighted by atomic mass is 9.82. The highest BCUT2D eigenvalue weighted by atomic mass is 16.5. The van der Waals surface area contributed by atoms with Gasteiger partial charge in [0, 0.05) is 11.1 Å². The summed E-state index contributed by atoms with van der Waals surface area (Å²) in [5.74, 6) is 1.89. The van der Waals surface area contributed by atoms with Crippen LogP contribution >= 0.6 is 0 Å². The van der Waals surface area contributed by atoms with E-state index in [1.807, 2.05) is 12.1 Å². The monoisotopic (exact) mass is 630 g/mol. The Kier molecular flexibility index (Phi) is 8.37. The zero-order chi connectivity index (χ0) is 33.5. The molecule has 0 amide bonds. The van der Waals surface area contributed by atoms with Crippen molar-refractivity contribution in [3.8, 4) is 33.8 Å². The van der Waals surface area contributed by atoms with Crippen LogP contribution in [0.25, 0.3) is 33.0 Å². The van der Waals surface area contributed by atoms with Gasteiger partial charge in [-0.3, -0.25) is 0 Å². The van der Waals surface area contributed by atoms with Crippen LogP contribution in [-0.2, 0) is 36.9 Å². The van der Waals surface area contributed by atoms with Crippen LogP contribution in [0.1, 0.15) is 74.9 Å². The SMILES string of the molecule is CC(C)(C)c1cc(-c2ccc3c4c(ccc(-c5ccc(OCc6ccccc6)c(C(C)(C)C)c5)c24)CC3)ccc1OCc1ccccc1. The highest BCUT2D eigenvalue weighted by Gasteiger charge is 2.25. The number of hydrogen-bond acceptors (Lipinski definition) is 2. The average Bonchev–Trinajstić information content (AvgIpc) is 3.51. The summed E-state index contributed by atoms with van der Waals surface area (Å²) in [5, 5.41) is 2.77. The molecule has 0 bridgehead atoms. The molecule has 0 fully saturated rings. The first-order valence-corrected chi connectivity index (χ1v) is 17.3. The molecule has 0 aliphatic heterocycles. The third kappa shape index (κ3) is 6.37. The summed E-state index contributed by atoms with van der Waals surface area (Å²) >= 11 is 0. The fraction of sp³-hybridized carbons (Fsp3) is 0.261. The van der Waals surface area contributed by atoms with Gasteiger partial charge in [0.05, 0.1) is 0 Å². The van der Waals surface area contributed by atoms with Crippen LogP contribution in [-0.4, -0.2) is 0 Å². The summed E-state index contributed by atoms with van der Waals surface area (Å²) in [6, 6.07) is 43.8. The van der Waals surface area contributed by atoms with Crippen molar-refractivity contribution in [2.24, 2.45) is 0 Å². The van der Waals surface area contributed by atoms with E-state index in [4.69, 9.17) is 9.47 Å². The largest absolute Gasteiger partial charge is 0.489 e. The lowest BCUT2D eigenvalue weighted by molar-refractivity contribution is 0.297. The predicted molar refractivity (Wildman–Crippen MR) is 201 cm³/mol. The van der Waals surface area contributed by atoms with Gasteiger partial charge < -0.3 is 9.47 Å². The Balaban J connectivity index is 1.34. The Bertz CT molecular complexity index is 1930. The highest BCUT2D eigenvalue weighted by molar-refractivity contribution is 6.10. The zero-order valence-electron chi connectivity index (χ0n) is 29.2. The average molecular weight is 631 g/mol. The van der Waals surface area contributed by atoms with Crippen LogP contribution in [0.2, 0.25) is 0 Å². The molecule has 2 nitrogen and oxygen atoms in total. The molecule has 0 N–H and O–H groups in total. The van der Waals surface area contributed by atoms with Gasteiger partial charge in [-0.05, 0) is 103 Å². The molecule has 6 aromatic carbocycles. The smallest absolute Gasteiger partial charge is 0.123 e. The molecule has 0 radical (unpaired) electrons. The molecule has 6 aromatic rings. The van der Waals surface area contributed by atoms with Crippen molar-refractivity contribution < 1.29 is 9.47 Å². The summed E-state index contributed by atoms with van der Waals surface area (Å²) in [7, 11) is 0. The highest BCUT2D eigenvalue weighted by Crippen LogP contribution is 2.46. The number of rotatable bonds is 8. The number of hydrogen-bond donors (Lipinski definition) is 0. The van der Waals surface area contributed by atoms with E-state index in [0.29, 0.717) is 13.2 Å². The van der Waals surface area contributed by atoms with Crippen LogP contribution in [0.4, 0.5) is 0 Å². The van der Waals surface area contributed by atoms with Gasteiger partial charge in [-0.2, -0.15) is 0 Å². The Morgan fingerprint density at radius 3 is 1.27 bits per heavy atom. The van der Waals surface area contributed by atoms with Gasteiger partial charge in [0.15, 0.2) is 0 Å². The Labute approximate surface area is 286 Å². The molecule has 0 atom stereocenters. The predicted octanol–water partition coefficient (Wildman–Crippen LogP) is 12.0. The van der Waals surface area contributed by atoms with Crippen LogP contribution in [0.5, 0.6) is 11.5 Å². The maximum Gasteiger partial charge on any atom is 0.123 e. The second kappa shape index (κ2) is 12.7. The van der Waals surface area contributed by atoms with E-state index in [1.165, 1.54) is 66.4 Å². The molecule has 0 saturated carbocycles. The summed E-state index contributed by atoms with van der Waals surface area (Å²) in [6.07, 6.45) is 2.18. The standard InChI is InChI=1S/C46H46O2/c1-45(2,3)39-27-35(21-25-41(39)47-29-31-13-9-7-10-14-31)37-23-19-33-17-18-34-20-24-38(44(37)43(33)34)36-22-26-42(40(28-36)46(4,5)6)48-30-32-15-11-8-12-16-32/h7-16,19-28H,17-18,29-30H2,1-6H3. The zero-order valence-corrected chi connectivity index (χ0v) is 29.2. The van der Waals surface area contributed by atoms with Gasteiger partial charge in [0.1, 0.15) is 24.7 Å². The topological polar surface area (TPSA) is 18.5 Å². The van der Waals surface area contributed by atoms with Gasteiger partial charge in [0.2, 0.25) is 0 Å². The molecule has 1 aliphatic rings. The number of aryl methyl sites for hydroxylation is 2. The molecule has 0 unspecified atom stereocenters. The van der Waals surface area contributed by atoms with Crippen molar-refractivity contribution in [3.63, 3.8) is 0 Å². The van der Waals surface area contributed by atoms with E-state index >= 15 is 0 Å². The first-order valence-electron chi connectivity index (χ1n) is 17.3. The third-order valence-corrected chi connectivity index (χ3v) is 9.67.